The number of hydrogen-bond acceptors (Lipinski definition) is 16. The Hall–Kier alpha value is -1.58. The van der Waals surface area contributed by atoms with Crippen LogP contribution in [0.3, 0.4) is 0 Å². The van der Waals surface area contributed by atoms with Gasteiger partial charge in [0.1, 0.15) is 0 Å². The van der Waals surface area contributed by atoms with Gasteiger partial charge < -0.3 is 9.11 Å². The molecular weight excluding hydrogens is 1000 g/mol. The molecule has 4 rings (SSSR count). The van der Waals surface area contributed by atoms with E-state index >= 15 is 0 Å². The van der Waals surface area contributed by atoms with Gasteiger partial charge in [0.15, 0.2) is 20.2 Å². The minimum Gasteiger partial charge on any atom is -0.741 e. The van der Waals surface area contributed by atoms with Crippen molar-refractivity contribution in [3.05, 3.63) is 60.2 Å². The summed E-state index contributed by atoms with van der Waals surface area (Å²) in [6, 6.07) is 14.9. The second-order valence-electron chi connectivity index (χ2n) is 15.5. The summed E-state index contributed by atoms with van der Waals surface area (Å²) in [5.74, 6) is 0. The minimum atomic E-state index is -6.09. The molecule has 0 amide bonds. The van der Waals surface area contributed by atoms with Crippen molar-refractivity contribution in [3.8, 4) is 0 Å². The molecule has 0 spiro atoms. The maximum Gasteiger partial charge on any atom is 1.00 e. The topological polar surface area (TPSA) is 200 Å². The summed E-state index contributed by atoms with van der Waals surface area (Å²) in [5, 5.41) is 12.0. The monoisotopic (exact) mass is 1070 g/mol. The van der Waals surface area contributed by atoms with E-state index in [0.29, 0.717) is 24.2 Å². The van der Waals surface area contributed by atoms with Crippen molar-refractivity contribution in [2.24, 2.45) is 0 Å². The van der Waals surface area contributed by atoms with Crippen LogP contribution in [-0.2, 0) is 67.5 Å². The van der Waals surface area contributed by atoms with Crippen LogP contribution in [0.5, 0.6) is 0 Å². The smallest absolute Gasteiger partial charge is 0.741 e. The Morgan fingerprint density at radius 3 is 0.859 bits per heavy atom. The van der Waals surface area contributed by atoms with E-state index in [4.69, 9.17) is 36.5 Å². The summed E-state index contributed by atoms with van der Waals surface area (Å²) in [7, 11) is -12.2. The van der Waals surface area contributed by atoms with Crippen molar-refractivity contribution in [3.63, 3.8) is 0 Å². The molecule has 16 nitrogen and oxygen atoms in total. The van der Waals surface area contributed by atoms with Gasteiger partial charge >= 0.3 is 45.2 Å². The first-order chi connectivity index (χ1) is 28.6. The van der Waals surface area contributed by atoms with Gasteiger partial charge in [-0.15, -0.1) is 0 Å². The van der Waals surface area contributed by atoms with Crippen LogP contribution in [0.15, 0.2) is 48.8 Å². The third kappa shape index (κ3) is 28.6. The van der Waals surface area contributed by atoms with Crippen molar-refractivity contribution in [2.45, 2.75) is 104 Å². The predicted molar refractivity (Wildman–Crippen MR) is 223 cm³/mol. The van der Waals surface area contributed by atoms with Gasteiger partial charge in [-0.1, -0.05) is 12.1 Å². The zero-order chi connectivity index (χ0) is 47.9. The Balaban J connectivity index is -0.000000830. The van der Waals surface area contributed by atoms with E-state index in [0.717, 1.165) is 65.4 Å². The molecule has 2 aromatic heterocycles. The normalized spacial score (nSPS) is 17.4. The Morgan fingerprint density at radius 1 is 0.500 bits per heavy atom. The Kier molecular flexibility index (Phi) is 34.4. The number of alkyl halides is 6. The van der Waals surface area contributed by atoms with E-state index < -0.39 is 31.3 Å². The SMILES string of the molecule is CC(C)N1CCN(Cc2ccccn2)CCN(C(C)C)CC1.CC(C)N1CCN(Cc2ccccn2)CCN(C(C)C)CC1.O=S(=O)([O-])C(F)(F)F.O=S(=O)([O-])C(F)(F)F.OO.[Cu+].[Cu+]. The summed E-state index contributed by atoms with van der Waals surface area (Å²) in [6.45, 7) is 34.2. The number of hydrogen-bond donors (Lipinski definition) is 2. The number of nitrogens with zero attached hydrogens (tertiary/aromatic N) is 8. The Bertz CT molecular complexity index is 1530. The van der Waals surface area contributed by atoms with Gasteiger partial charge in [-0.3, -0.25) is 49.9 Å². The molecule has 0 unspecified atom stereocenters. The van der Waals surface area contributed by atoms with Gasteiger partial charge in [-0.2, -0.15) is 26.3 Å². The average molecular weight is 1070 g/mol. The van der Waals surface area contributed by atoms with Crippen LogP contribution in [0, 0.1) is 0 Å². The van der Waals surface area contributed by atoms with E-state index in [2.05, 4.69) is 119 Å². The van der Waals surface area contributed by atoms with Crippen molar-refractivity contribution < 1.29 is 96.9 Å². The fourth-order valence-corrected chi connectivity index (χ4v) is 6.09. The van der Waals surface area contributed by atoms with Crippen LogP contribution >= 0.6 is 0 Å². The fraction of sp³-hybridized carbons (Fsp3) is 0.737. The number of aromatic nitrogens is 2. The largest absolute Gasteiger partial charge is 1.00 e. The molecule has 0 aromatic carbocycles. The van der Waals surface area contributed by atoms with Crippen LogP contribution in [-0.4, -0.2) is 190 Å². The number of pyridine rings is 2. The molecule has 2 aromatic rings. The van der Waals surface area contributed by atoms with Crippen LogP contribution in [0.2, 0.25) is 0 Å². The molecule has 2 saturated heterocycles. The van der Waals surface area contributed by atoms with E-state index in [1.807, 2.05) is 24.5 Å². The molecule has 2 aliphatic rings. The molecule has 2 aliphatic heterocycles. The van der Waals surface area contributed by atoms with E-state index in [1.54, 1.807) is 0 Å². The summed E-state index contributed by atoms with van der Waals surface area (Å²) >= 11 is 0. The molecule has 0 saturated carbocycles. The van der Waals surface area contributed by atoms with E-state index in [-0.39, 0.29) is 34.1 Å². The average Bonchev–Trinajstić information content (AvgIpc) is 3.34. The van der Waals surface area contributed by atoms with Gasteiger partial charge in [0.05, 0.1) is 11.4 Å². The molecule has 64 heavy (non-hydrogen) atoms. The summed E-state index contributed by atoms with van der Waals surface area (Å²) in [6.07, 6.45) is 3.79. The molecular formula is C38H66Cu2F6N8O8S2. The maximum atomic E-state index is 10.7. The van der Waals surface area contributed by atoms with Crippen molar-refractivity contribution in [1.82, 2.24) is 39.4 Å². The quantitative estimate of drug-likeness (QED) is 0.0916. The van der Waals surface area contributed by atoms with Gasteiger partial charge in [-0.25, -0.2) is 16.8 Å². The van der Waals surface area contributed by atoms with Gasteiger partial charge in [0, 0.05) is 128 Å². The van der Waals surface area contributed by atoms with Crippen LogP contribution in [0.4, 0.5) is 26.3 Å². The predicted octanol–water partition coefficient (Wildman–Crippen LogP) is 4.75. The number of rotatable bonds is 8. The standard InChI is InChI=1S/2C18H32N4.2CHF3O3S.2Cu.H2O2/c2*1-16(2)21-11-9-20(15-18-7-5-6-8-19-18)10-12-22(14-13-21)17(3)4;2*2-1(3,4)8(5,6)7;;;1-2/h2*5-8,16-17H,9-15H2,1-4H3;2*(H,5,6,7);;;1-2H/q;;;;2*+1;/p-2. The van der Waals surface area contributed by atoms with E-state index in [1.165, 1.54) is 37.6 Å². The zero-order valence-corrected chi connectivity index (χ0v) is 41.0. The molecule has 0 radical (unpaired) electrons. The molecule has 4 heterocycles. The van der Waals surface area contributed by atoms with Crippen LogP contribution in [0.25, 0.3) is 0 Å². The summed E-state index contributed by atoms with van der Waals surface area (Å²) in [4.78, 5) is 24.5. The minimum absolute atomic E-state index is 0. The Morgan fingerprint density at radius 2 is 0.703 bits per heavy atom. The van der Waals surface area contributed by atoms with Gasteiger partial charge in [-0.05, 0) is 79.7 Å². The molecule has 0 aliphatic carbocycles. The molecule has 2 fully saturated rings. The van der Waals surface area contributed by atoms with Crippen LogP contribution < -0.4 is 0 Å². The van der Waals surface area contributed by atoms with Crippen LogP contribution in [0.1, 0.15) is 66.8 Å². The fourth-order valence-electron chi connectivity index (χ4n) is 6.09. The van der Waals surface area contributed by atoms with Crippen molar-refractivity contribution in [1.29, 1.82) is 0 Å². The molecule has 0 bridgehead atoms. The Labute approximate surface area is 397 Å². The zero-order valence-electron chi connectivity index (χ0n) is 37.4. The first kappa shape index (κ1) is 66.7. The molecule has 382 valence electrons. The van der Waals surface area contributed by atoms with Crippen molar-refractivity contribution >= 4 is 20.2 Å². The first-order valence-corrected chi connectivity index (χ1v) is 22.9. The van der Waals surface area contributed by atoms with E-state index in [9.17, 15) is 26.3 Å². The molecule has 26 heteroatoms. The van der Waals surface area contributed by atoms with Crippen molar-refractivity contribution in [2.75, 3.05) is 78.5 Å². The second-order valence-corrected chi connectivity index (χ2v) is 18.3. The summed E-state index contributed by atoms with van der Waals surface area (Å²) < 4.78 is 118. The number of halogens is 6. The third-order valence-electron chi connectivity index (χ3n) is 9.87. The van der Waals surface area contributed by atoms with Gasteiger partial charge in [0.25, 0.3) is 0 Å². The third-order valence-corrected chi connectivity index (χ3v) is 11.0. The molecule has 0 atom stereocenters. The maximum absolute atomic E-state index is 10.7. The van der Waals surface area contributed by atoms with Gasteiger partial charge in [0.2, 0.25) is 0 Å². The summed E-state index contributed by atoms with van der Waals surface area (Å²) in [5.41, 5.74) is -8.94. The second kappa shape index (κ2) is 33.0. The first-order valence-electron chi connectivity index (χ1n) is 20.1. The molecule has 2 N–H and O–H groups in total.